The first-order chi connectivity index (χ1) is 10.2. The molecule has 0 spiro atoms. The predicted octanol–water partition coefficient (Wildman–Crippen LogP) is 2.53. The lowest BCUT2D eigenvalue weighted by atomic mass is 10.0. The lowest BCUT2D eigenvalue weighted by Gasteiger charge is -2.16. The predicted molar refractivity (Wildman–Crippen MR) is 80.0 cm³/mol. The Labute approximate surface area is 124 Å². The van der Waals surface area contributed by atoms with Gasteiger partial charge in [-0.25, -0.2) is 4.98 Å². The Kier molecular flexibility index (Phi) is 3.82. The van der Waals surface area contributed by atoms with Gasteiger partial charge in [-0.15, -0.1) is 0 Å². The van der Waals surface area contributed by atoms with E-state index in [1.165, 1.54) is 24.2 Å². The first-order valence-corrected chi connectivity index (χ1v) is 7.35. The summed E-state index contributed by atoms with van der Waals surface area (Å²) in [5, 5.41) is 0. The van der Waals surface area contributed by atoms with Gasteiger partial charge in [-0.3, -0.25) is 4.98 Å². The number of nitrogens with zero attached hydrogens (tertiary/aromatic N) is 3. The van der Waals surface area contributed by atoms with Gasteiger partial charge in [0.25, 0.3) is 0 Å². The summed E-state index contributed by atoms with van der Waals surface area (Å²) in [6.07, 6.45) is 6.43. The Morgan fingerprint density at radius 1 is 1.19 bits per heavy atom. The molecule has 0 aliphatic heterocycles. The smallest absolute Gasteiger partial charge is 0.184 e. The number of hydrogen-bond donors (Lipinski definition) is 0. The summed E-state index contributed by atoms with van der Waals surface area (Å²) >= 11 is 0. The van der Waals surface area contributed by atoms with Gasteiger partial charge in [-0.1, -0.05) is 0 Å². The molecule has 0 N–H and O–H groups in total. The number of imidazole rings is 1. The van der Waals surface area contributed by atoms with E-state index >= 15 is 0 Å². The van der Waals surface area contributed by atoms with Crippen molar-refractivity contribution in [2.24, 2.45) is 0 Å². The second kappa shape index (κ2) is 5.76. The molecule has 3 rings (SSSR count). The number of hydrogen-bond acceptors (Lipinski definition) is 4. The maximum Gasteiger partial charge on any atom is 0.184 e. The van der Waals surface area contributed by atoms with Crippen LogP contribution >= 0.6 is 0 Å². The highest BCUT2D eigenvalue weighted by atomic mass is 16.5. The maximum atomic E-state index is 5.48. The van der Waals surface area contributed by atoms with Crippen molar-refractivity contribution in [3.8, 4) is 11.5 Å². The molecule has 0 radical (unpaired) electrons. The molecule has 0 aromatic carbocycles. The minimum Gasteiger partial charge on any atom is -0.493 e. The number of methoxy groups -OCH3 is 2. The summed E-state index contributed by atoms with van der Waals surface area (Å²) in [5.74, 6) is 2.47. The molecular formula is C16H21N3O2. The molecule has 0 fully saturated rings. The summed E-state index contributed by atoms with van der Waals surface area (Å²) < 4.78 is 13.1. The van der Waals surface area contributed by atoms with Crippen molar-refractivity contribution in [2.75, 3.05) is 14.2 Å². The highest BCUT2D eigenvalue weighted by Gasteiger charge is 2.20. The van der Waals surface area contributed by atoms with Crippen LogP contribution in [0.5, 0.6) is 11.5 Å². The highest BCUT2D eigenvalue weighted by molar-refractivity contribution is 5.43. The Bertz CT molecular complexity index is 649. The van der Waals surface area contributed by atoms with Gasteiger partial charge in [0.2, 0.25) is 0 Å². The largest absolute Gasteiger partial charge is 0.493 e. The fraction of sp³-hybridized carbons (Fsp3) is 0.500. The van der Waals surface area contributed by atoms with Crippen molar-refractivity contribution < 1.29 is 9.47 Å². The zero-order valence-corrected chi connectivity index (χ0v) is 12.8. The van der Waals surface area contributed by atoms with E-state index in [1.807, 2.05) is 6.07 Å². The molecule has 1 aliphatic rings. The van der Waals surface area contributed by atoms with Gasteiger partial charge in [0.15, 0.2) is 11.5 Å². The summed E-state index contributed by atoms with van der Waals surface area (Å²) in [4.78, 5) is 9.18. The quantitative estimate of drug-likeness (QED) is 0.867. The zero-order chi connectivity index (χ0) is 14.8. The molecule has 2 heterocycles. The van der Waals surface area contributed by atoms with Crippen LogP contribution in [0.3, 0.4) is 0 Å². The molecule has 5 heteroatoms. The average molecular weight is 287 g/mol. The third-order valence-corrected chi connectivity index (χ3v) is 4.10. The van der Waals surface area contributed by atoms with Crippen molar-refractivity contribution in [1.29, 1.82) is 0 Å². The van der Waals surface area contributed by atoms with E-state index in [4.69, 9.17) is 14.5 Å². The SMILES string of the molecule is COc1ccnc(Cn2c(C)nc3c2CCCC3)c1OC. The van der Waals surface area contributed by atoms with Crippen LogP contribution in [0, 0.1) is 6.92 Å². The van der Waals surface area contributed by atoms with Gasteiger partial charge < -0.3 is 14.0 Å². The molecule has 0 saturated carbocycles. The Morgan fingerprint density at radius 2 is 2.00 bits per heavy atom. The lowest BCUT2D eigenvalue weighted by molar-refractivity contribution is 0.348. The minimum absolute atomic E-state index is 0.675. The third kappa shape index (κ3) is 2.48. The Balaban J connectivity index is 1.99. The number of rotatable bonds is 4. The van der Waals surface area contributed by atoms with Gasteiger partial charge in [-0.2, -0.15) is 0 Å². The Morgan fingerprint density at radius 3 is 2.76 bits per heavy atom. The van der Waals surface area contributed by atoms with Crippen molar-refractivity contribution >= 4 is 0 Å². The van der Waals surface area contributed by atoms with Gasteiger partial charge in [0.1, 0.15) is 11.5 Å². The molecule has 5 nitrogen and oxygen atoms in total. The standard InChI is InChI=1S/C16H21N3O2/c1-11-18-12-6-4-5-7-14(12)19(11)10-13-16(21-3)15(20-2)8-9-17-13/h8-9H,4-7,10H2,1-3H3. The summed E-state index contributed by atoms with van der Waals surface area (Å²) in [5.41, 5.74) is 3.48. The molecule has 2 aromatic rings. The summed E-state index contributed by atoms with van der Waals surface area (Å²) in [7, 11) is 3.30. The van der Waals surface area contributed by atoms with E-state index in [9.17, 15) is 0 Å². The van der Waals surface area contributed by atoms with Crippen LogP contribution in [0.15, 0.2) is 12.3 Å². The van der Waals surface area contributed by atoms with Crippen LogP contribution < -0.4 is 9.47 Å². The second-order valence-corrected chi connectivity index (χ2v) is 5.34. The fourth-order valence-electron chi connectivity index (χ4n) is 3.06. The summed E-state index contributed by atoms with van der Waals surface area (Å²) in [6.45, 7) is 2.74. The van der Waals surface area contributed by atoms with Crippen LogP contribution in [-0.2, 0) is 19.4 Å². The Hall–Kier alpha value is -2.04. The normalized spacial score (nSPS) is 13.9. The monoisotopic (exact) mass is 287 g/mol. The second-order valence-electron chi connectivity index (χ2n) is 5.34. The molecule has 0 bridgehead atoms. The lowest BCUT2D eigenvalue weighted by Crippen LogP contribution is -2.12. The molecule has 0 atom stereocenters. The van der Waals surface area contributed by atoms with E-state index in [0.717, 1.165) is 24.4 Å². The van der Waals surface area contributed by atoms with Crippen LogP contribution in [0.2, 0.25) is 0 Å². The van der Waals surface area contributed by atoms with Crippen molar-refractivity contribution in [3.05, 3.63) is 35.2 Å². The molecule has 0 amide bonds. The minimum atomic E-state index is 0.675. The molecule has 0 saturated heterocycles. The topological polar surface area (TPSA) is 49.2 Å². The summed E-state index contributed by atoms with van der Waals surface area (Å²) in [6, 6.07) is 1.82. The molecule has 0 unspecified atom stereocenters. The molecule has 2 aromatic heterocycles. The molecule has 112 valence electrons. The van der Waals surface area contributed by atoms with Gasteiger partial charge in [0, 0.05) is 18.0 Å². The van der Waals surface area contributed by atoms with Crippen LogP contribution in [0.4, 0.5) is 0 Å². The molecule has 1 aliphatic carbocycles. The zero-order valence-electron chi connectivity index (χ0n) is 12.8. The van der Waals surface area contributed by atoms with Crippen molar-refractivity contribution in [2.45, 2.75) is 39.2 Å². The third-order valence-electron chi connectivity index (χ3n) is 4.10. The van der Waals surface area contributed by atoms with E-state index in [1.54, 1.807) is 20.4 Å². The van der Waals surface area contributed by atoms with Crippen LogP contribution in [0.1, 0.15) is 35.7 Å². The van der Waals surface area contributed by atoms with Crippen molar-refractivity contribution in [1.82, 2.24) is 14.5 Å². The number of aromatic nitrogens is 3. The number of ether oxygens (including phenoxy) is 2. The van der Waals surface area contributed by atoms with Gasteiger partial charge in [0.05, 0.1) is 26.5 Å². The highest BCUT2D eigenvalue weighted by Crippen LogP contribution is 2.31. The van der Waals surface area contributed by atoms with E-state index in [-0.39, 0.29) is 0 Å². The van der Waals surface area contributed by atoms with Crippen LogP contribution in [0.25, 0.3) is 0 Å². The van der Waals surface area contributed by atoms with Crippen LogP contribution in [-0.4, -0.2) is 28.8 Å². The molecule has 21 heavy (non-hydrogen) atoms. The first kappa shape index (κ1) is 13.9. The number of pyridine rings is 1. The number of aryl methyl sites for hydroxylation is 2. The maximum absolute atomic E-state index is 5.48. The van der Waals surface area contributed by atoms with Gasteiger partial charge >= 0.3 is 0 Å². The van der Waals surface area contributed by atoms with E-state index in [0.29, 0.717) is 18.0 Å². The first-order valence-electron chi connectivity index (χ1n) is 7.35. The number of fused-ring (bicyclic) bond motifs is 1. The average Bonchev–Trinajstić information content (AvgIpc) is 2.83. The molecular weight excluding hydrogens is 266 g/mol. The van der Waals surface area contributed by atoms with Gasteiger partial charge in [-0.05, 0) is 32.6 Å². The van der Waals surface area contributed by atoms with Crippen molar-refractivity contribution in [3.63, 3.8) is 0 Å². The fourth-order valence-corrected chi connectivity index (χ4v) is 3.06. The van der Waals surface area contributed by atoms with E-state index < -0.39 is 0 Å². The van der Waals surface area contributed by atoms with E-state index in [2.05, 4.69) is 16.5 Å².